The zero-order valence-corrected chi connectivity index (χ0v) is 15.5. The first-order valence-electron chi connectivity index (χ1n) is 8.49. The minimum atomic E-state index is -5.51. The maximum absolute atomic E-state index is 13.2. The number of rotatable bonds is 5. The molecule has 7 nitrogen and oxygen atoms in total. The van der Waals surface area contributed by atoms with Crippen molar-refractivity contribution in [2.45, 2.75) is 37.5 Å². The minimum Gasteiger partial charge on any atom is -0.361 e. The van der Waals surface area contributed by atoms with Gasteiger partial charge in [0.2, 0.25) is 0 Å². The second-order valence-corrected chi connectivity index (χ2v) is 8.36. The molecule has 0 saturated carbocycles. The lowest BCUT2D eigenvalue weighted by Gasteiger charge is -2.33. The molecule has 0 saturated heterocycles. The van der Waals surface area contributed by atoms with Crippen molar-refractivity contribution in [2.24, 2.45) is 0 Å². The van der Waals surface area contributed by atoms with Crippen LogP contribution in [0, 0.1) is 11.3 Å². The number of sulfonamides is 1. The van der Waals surface area contributed by atoms with E-state index in [2.05, 4.69) is 9.97 Å². The molecule has 1 aromatic carbocycles. The molecule has 3 rings (SSSR count). The summed E-state index contributed by atoms with van der Waals surface area (Å²) in [5.74, 6) is 0. The smallest absolute Gasteiger partial charge is 0.361 e. The Morgan fingerprint density at radius 3 is 2.71 bits per heavy atom. The van der Waals surface area contributed by atoms with Gasteiger partial charge in [0.05, 0.1) is 24.6 Å². The van der Waals surface area contributed by atoms with Crippen LogP contribution in [0.1, 0.15) is 24.1 Å². The average Bonchev–Trinajstić information content (AvgIpc) is 3.09. The van der Waals surface area contributed by atoms with E-state index in [-0.39, 0.29) is 25.9 Å². The Labute approximate surface area is 160 Å². The molecule has 0 radical (unpaired) electrons. The molecule has 0 aliphatic carbocycles. The van der Waals surface area contributed by atoms with Crippen LogP contribution in [0.5, 0.6) is 0 Å². The highest BCUT2D eigenvalue weighted by molar-refractivity contribution is 7.89. The third kappa shape index (κ3) is 3.98. The molecule has 28 heavy (non-hydrogen) atoms. The molecule has 1 unspecified atom stereocenters. The Bertz CT molecular complexity index is 954. The third-order valence-electron chi connectivity index (χ3n) is 4.62. The van der Waals surface area contributed by atoms with Gasteiger partial charge >= 0.3 is 15.5 Å². The number of H-pyrrole nitrogens is 1. The van der Waals surface area contributed by atoms with Crippen molar-refractivity contribution in [2.75, 3.05) is 11.4 Å². The summed E-state index contributed by atoms with van der Waals surface area (Å²) in [5, 5.41) is 8.96. The number of imidazole rings is 1. The molecule has 0 spiro atoms. The summed E-state index contributed by atoms with van der Waals surface area (Å²) < 4.78 is 64.3. The largest absolute Gasteiger partial charge is 0.511 e. The number of halogens is 3. The second-order valence-electron chi connectivity index (χ2n) is 6.43. The molecule has 1 N–H and O–H groups in total. The fraction of sp³-hybridized carbons (Fsp3) is 0.412. The summed E-state index contributed by atoms with van der Waals surface area (Å²) >= 11 is 0. The summed E-state index contributed by atoms with van der Waals surface area (Å²) in [5.41, 5.74) is -3.56. The Balaban J connectivity index is 2.06. The molecule has 1 aliphatic heterocycles. The van der Waals surface area contributed by atoms with Gasteiger partial charge < -0.3 is 9.88 Å². The number of fused-ring (bicyclic) bond motifs is 1. The van der Waals surface area contributed by atoms with Crippen molar-refractivity contribution < 1.29 is 21.6 Å². The Morgan fingerprint density at radius 2 is 2.07 bits per heavy atom. The summed E-state index contributed by atoms with van der Waals surface area (Å²) in [4.78, 5) is 8.74. The maximum Gasteiger partial charge on any atom is 0.511 e. The quantitative estimate of drug-likeness (QED) is 0.814. The highest BCUT2D eigenvalue weighted by atomic mass is 32.2. The molecule has 1 aliphatic rings. The van der Waals surface area contributed by atoms with E-state index in [1.807, 2.05) is 11.0 Å². The van der Waals surface area contributed by atoms with Crippen LogP contribution in [0.4, 0.5) is 18.9 Å². The van der Waals surface area contributed by atoms with Gasteiger partial charge in [0.25, 0.3) is 0 Å². The average molecular weight is 413 g/mol. The van der Waals surface area contributed by atoms with Gasteiger partial charge in [-0.15, -0.1) is 0 Å². The highest BCUT2D eigenvalue weighted by Crippen LogP contribution is 2.35. The topological polar surface area (TPSA) is 93.1 Å². The lowest BCUT2D eigenvalue weighted by Crippen LogP contribution is -2.46. The molecular formula is C17H18F3N5O2S. The number of aromatic amines is 1. The van der Waals surface area contributed by atoms with Gasteiger partial charge in [0, 0.05) is 37.4 Å². The van der Waals surface area contributed by atoms with Gasteiger partial charge in [0.1, 0.15) is 0 Å². The number of para-hydroxylation sites is 1. The van der Waals surface area contributed by atoms with Crippen molar-refractivity contribution in [1.82, 2.24) is 14.3 Å². The van der Waals surface area contributed by atoms with Crippen LogP contribution in [0.25, 0.3) is 0 Å². The molecule has 2 heterocycles. The molecule has 1 atom stereocenters. The standard InChI is InChI=1S/C17H18F3N5O2S/c18-17(19,20)28(26,27)24-9-13-4-1-2-6-16(13)25(10-14-8-22-12-23-14)15(11-24)5-3-7-21/h1-2,4,6,8,12,15H,3,5,9-11H2,(H,22,23). The fourth-order valence-corrected chi connectivity index (χ4v) is 4.26. The van der Waals surface area contributed by atoms with Crippen LogP contribution in [-0.2, 0) is 23.1 Å². The summed E-state index contributed by atoms with van der Waals surface area (Å²) in [7, 11) is -5.51. The number of benzene rings is 1. The first kappa shape index (κ1) is 20.2. The molecular weight excluding hydrogens is 395 g/mol. The lowest BCUT2D eigenvalue weighted by atomic mass is 10.1. The summed E-state index contributed by atoms with van der Waals surface area (Å²) in [6, 6.07) is 8.13. The molecule has 1 aromatic heterocycles. The van der Waals surface area contributed by atoms with E-state index in [9.17, 15) is 21.6 Å². The van der Waals surface area contributed by atoms with E-state index in [1.165, 1.54) is 6.33 Å². The number of nitriles is 1. The van der Waals surface area contributed by atoms with E-state index >= 15 is 0 Å². The molecule has 0 fully saturated rings. The van der Waals surface area contributed by atoms with E-state index in [0.717, 1.165) is 5.69 Å². The molecule has 150 valence electrons. The normalized spacial score (nSPS) is 18.4. The second kappa shape index (κ2) is 7.81. The van der Waals surface area contributed by atoms with Gasteiger partial charge in [-0.05, 0) is 18.1 Å². The van der Waals surface area contributed by atoms with Gasteiger partial charge in [-0.3, -0.25) is 0 Å². The number of alkyl halides is 3. The number of nitrogens with zero attached hydrogens (tertiary/aromatic N) is 4. The van der Waals surface area contributed by atoms with Crippen LogP contribution in [0.2, 0.25) is 0 Å². The summed E-state index contributed by atoms with van der Waals surface area (Å²) in [6.45, 7) is -0.458. The first-order chi connectivity index (χ1) is 13.2. The monoisotopic (exact) mass is 413 g/mol. The van der Waals surface area contributed by atoms with Gasteiger partial charge in [-0.2, -0.15) is 22.7 Å². The molecule has 2 aromatic rings. The van der Waals surface area contributed by atoms with Crippen LogP contribution < -0.4 is 4.90 Å². The van der Waals surface area contributed by atoms with Crippen LogP contribution in [0.15, 0.2) is 36.8 Å². The Morgan fingerprint density at radius 1 is 1.32 bits per heavy atom. The number of anilines is 1. The van der Waals surface area contributed by atoms with E-state index in [1.54, 1.807) is 30.5 Å². The fourth-order valence-electron chi connectivity index (χ4n) is 3.29. The summed E-state index contributed by atoms with van der Waals surface area (Å²) in [6.07, 6.45) is 3.40. The number of hydrogen-bond donors (Lipinski definition) is 1. The number of nitrogens with one attached hydrogen (secondary N) is 1. The predicted molar refractivity (Wildman–Crippen MR) is 95.2 cm³/mol. The molecule has 0 bridgehead atoms. The number of hydrogen-bond acceptors (Lipinski definition) is 5. The number of aromatic nitrogens is 2. The minimum absolute atomic E-state index is 0.0895. The SMILES string of the molecule is N#CCCC1CN(S(=O)(=O)C(F)(F)F)Cc2ccccc2N1Cc1cnc[nH]1. The Kier molecular flexibility index (Phi) is 5.62. The van der Waals surface area contributed by atoms with Crippen molar-refractivity contribution >= 4 is 15.7 Å². The predicted octanol–water partition coefficient (Wildman–Crippen LogP) is 2.75. The van der Waals surface area contributed by atoms with Crippen LogP contribution >= 0.6 is 0 Å². The van der Waals surface area contributed by atoms with Crippen LogP contribution in [0.3, 0.4) is 0 Å². The van der Waals surface area contributed by atoms with E-state index < -0.39 is 21.6 Å². The van der Waals surface area contributed by atoms with Crippen molar-refractivity contribution in [1.29, 1.82) is 5.26 Å². The van der Waals surface area contributed by atoms with Crippen molar-refractivity contribution in [3.63, 3.8) is 0 Å². The molecule has 0 amide bonds. The van der Waals surface area contributed by atoms with Gasteiger partial charge in [-0.25, -0.2) is 13.4 Å². The first-order valence-corrected chi connectivity index (χ1v) is 9.93. The molecule has 11 heteroatoms. The highest BCUT2D eigenvalue weighted by Gasteiger charge is 2.51. The third-order valence-corrected chi connectivity index (χ3v) is 6.16. The van der Waals surface area contributed by atoms with E-state index in [0.29, 0.717) is 22.1 Å². The van der Waals surface area contributed by atoms with Crippen molar-refractivity contribution in [3.8, 4) is 6.07 Å². The zero-order valence-electron chi connectivity index (χ0n) is 14.7. The van der Waals surface area contributed by atoms with Gasteiger partial charge in [0.15, 0.2) is 0 Å². The van der Waals surface area contributed by atoms with Crippen molar-refractivity contribution in [3.05, 3.63) is 48.0 Å². The van der Waals surface area contributed by atoms with Gasteiger partial charge in [-0.1, -0.05) is 18.2 Å². The van der Waals surface area contributed by atoms with Crippen LogP contribution in [-0.4, -0.2) is 40.8 Å². The maximum atomic E-state index is 13.2. The Hall–Kier alpha value is -2.58. The lowest BCUT2D eigenvalue weighted by molar-refractivity contribution is -0.0492. The zero-order chi connectivity index (χ0) is 20.4. The van der Waals surface area contributed by atoms with E-state index in [4.69, 9.17) is 5.26 Å².